The molecule has 0 aliphatic heterocycles. The van der Waals surface area contributed by atoms with Gasteiger partial charge in [0.2, 0.25) is 26.0 Å². The lowest BCUT2D eigenvalue weighted by Gasteiger charge is -2.28. The SMILES string of the molecule is CCc1ccc(N(C(C)C(=O)NCCOc2ccc(S(=O)(=O)N(C)C)cc2)S(C)(=O)=O)cc1. The predicted molar refractivity (Wildman–Crippen MR) is 128 cm³/mol. The lowest BCUT2D eigenvalue weighted by Crippen LogP contribution is -2.48. The van der Waals surface area contributed by atoms with Gasteiger partial charge in [-0.1, -0.05) is 19.1 Å². The van der Waals surface area contributed by atoms with Crippen LogP contribution in [0.5, 0.6) is 5.75 Å². The standard InChI is InChI=1S/C22H31N3O6S2/c1-6-18-7-9-19(10-8-18)25(32(5,27)28)17(2)22(26)23-15-16-31-20-11-13-21(14-12-20)33(29,30)24(3)4/h7-14,17H,6,15-16H2,1-5H3,(H,23,26). The fraction of sp³-hybridized carbons (Fsp3) is 0.409. The summed E-state index contributed by atoms with van der Waals surface area (Å²) in [5.41, 5.74) is 1.48. The Bertz CT molecular complexity index is 1150. The smallest absolute Gasteiger partial charge is 0.243 e. The van der Waals surface area contributed by atoms with E-state index in [9.17, 15) is 21.6 Å². The minimum absolute atomic E-state index is 0.127. The second-order valence-corrected chi connectivity index (χ2v) is 11.7. The number of sulfonamides is 2. The predicted octanol–water partition coefficient (Wildman–Crippen LogP) is 1.85. The number of nitrogens with zero attached hydrogens (tertiary/aromatic N) is 2. The van der Waals surface area contributed by atoms with Gasteiger partial charge in [0, 0.05) is 14.1 Å². The number of hydrogen-bond donors (Lipinski definition) is 1. The second-order valence-electron chi connectivity index (χ2n) is 7.65. The van der Waals surface area contributed by atoms with Gasteiger partial charge >= 0.3 is 0 Å². The first-order chi connectivity index (χ1) is 15.4. The van der Waals surface area contributed by atoms with Crippen molar-refractivity contribution in [2.45, 2.75) is 31.2 Å². The highest BCUT2D eigenvalue weighted by molar-refractivity contribution is 7.92. The Labute approximate surface area is 196 Å². The Morgan fingerprint density at radius 2 is 1.58 bits per heavy atom. The van der Waals surface area contributed by atoms with Gasteiger partial charge in [0.15, 0.2) is 0 Å². The molecule has 11 heteroatoms. The number of amides is 1. The second kappa shape index (κ2) is 11.0. The fourth-order valence-corrected chi connectivity index (χ4v) is 5.17. The first kappa shape index (κ1) is 26.6. The molecule has 1 amide bonds. The van der Waals surface area contributed by atoms with Crippen molar-refractivity contribution in [3.8, 4) is 5.75 Å². The van der Waals surface area contributed by atoms with E-state index in [-0.39, 0.29) is 18.0 Å². The van der Waals surface area contributed by atoms with Crippen molar-refractivity contribution in [3.63, 3.8) is 0 Å². The van der Waals surface area contributed by atoms with Crippen LogP contribution >= 0.6 is 0 Å². The van der Waals surface area contributed by atoms with Crippen molar-refractivity contribution in [3.05, 3.63) is 54.1 Å². The topological polar surface area (TPSA) is 113 Å². The molecule has 0 saturated heterocycles. The Kier molecular flexibility index (Phi) is 8.87. The molecule has 0 aromatic heterocycles. The van der Waals surface area contributed by atoms with Gasteiger partial charge in [0.25, 0.3) is 0 Å². The van der Waals surface area contributed by atoms with Crippen LogP contribution < -0.4 is 14.4 Å². The Hall–Kier alpha value is -2.63. The third-order valence-corrected chi connectivity index (χ3v) is 8.03. The number of carbonyl (C=O) groups is 1. The third-order valence-electron chi connectivity index (χ3n) is 4.96. The van der Waals surface area contributed by atoms with Crippen LogP contribution in [-0.4, -0.2) is 66.6 Å². The normalized spacial score (nSPS) is 12.9. The van der Waals surface area contributed by atoms with Crippen molar-refractivity contribution in [2.24, 2.45) is 0 Å². The number of aryl methyl sites for hydroxylation is 1. The fourth-order valence-electron chi connectivity index (χ4n) is 3.10. The molecular formula is C22H31N3O6S2. The monoisotopic (exact) mass is 497 g/mol. The molecule has 2 aromatic rings. The molecule has 182 valence electrons. The molecule has 0 fully saturated rings. The average molecular weight is 498 g/mol. The maximum Gasteiger partial charge on any atom is 0.243 e. The summed E-state index contributed by atoms with van der Waals surface area (Å²) in [5.74, 6) is -0.0141. The lowest BCUT2D eigenvalue weighted by molar-refractivity contribution is -0.121. The summed E-state index contributed by atoms with van der Waals surface area (Å²) in [6.07, 6.45) is 1.89. The maximum atomic E-state index is 12.6. The Balaban J connectivity index is 1.96. The van der Waals surface area contributed by atoms with Crippen molar-refractivity contribution in [1.29, 1.82) is 0 Å². The first-order valence-electron chi connectivity index (χ1n) is 10.4. The zero-order valence-electron chi connectivity index (χ0n) is 19.5. The molecule has 1 N–H and O–H groups in total. The number of hydrogen-bond acceptors (Lipinski definition) is 6. The molecule has 1 unspecified atom stereocenters. The van der Waals surface area contributed by atoms with Crippen molar-refractivity contribution in [2.75, 3.05) is 37.8 Å². The van der Waals surface area contributed by atoms with E-state index in [1.807, 2.05) is 19.1 Å². The summed E-state index contributed by atoms with van der Waals surface area (Å²) in [7, 11) is -4.30. The molecule has 33 heavy (non-hydrogen) atoms. The van der Waals surface area contributed by atoms with Crippen LogP contribution in [0.25, 0.3) is 0 Å². The van der Waals surface area contributed by atoms with Crippen molar-refractivity contribution < 1.29 is 26.4 Å². The van der Waals surface area contributed by atoms with E-state index >= 15 is 0 Å². The number of carbonyl (C=O) groups excluding carboxylic acids is 1. The van der Waals surface area contributed by atoms with E-state index in [1.54, 1.807) is 12.1 Å². The summed E-state index contributed by atoms with van der Waals surface area (Å²) in [6, 6.07) is 12.0. The van der Waals surface area contributed by atoms with E-state index in [0.717, 1.165) is 26.9 Å². The molecule has 0 saturated carbocycles. The summed E-state index contributed by atoms with van der Waals surface area (Å²) in [4.78, 5) is 12.8. The number of benzene rings is 2. The number of nitrogens with one attached hydrogen (secondary N) is 1. The van der Waals surface area contributed by atoms with Crippen LogP contribution in [0.15, 0.2) is 53.4 Å². The van der Waals surface area contributed by atoms with E-state index in [2.05, 4.69) is 5.32 Å². The highest BCUT2D eigenvalue weighted by atomic mass is 32.2. The molecular weight excluding hydrogens is 466 g/mol. The summed E-state index contributed by atoms with van der Waals surface area (Å²) in [6.45, 7) is 3.80. The van der Waals surface area contributed by atoms with Gasteiger partial charge in [-0.25, -0.2) is 21.1 Å². The molecule has 0 spiro atoms. The van der Waals surface area contributed by atoms with Gasteiger partial charge in [-0.2, -0.15) is 0 Å². The summed E-state index contributed by atoms with van der Waals surface area (Å²) < 4.78 is 56.7. The van der Waals surface area contributed by atoms with Crippen LogP contribution in [-0.2, 0) is 31.3 Å². The minimum atomic E-state index is -3.69. The Morgan fingerprint density at radius 3 is 2.06 bits per heavy atom. The molecule has 0 aliphatic carbocycles. The van der Waals surface area contributed by atoms with E-state index in [4.69, 9.17) is 4.74 Å². The van der Waals surface area contributed by atoms with Crippen LogP contribution in [0.4, 0.5) is 5.69 Å². The molecule has 0 aliphatic rings. The number of rotatable bonds is 11. The van der Waals surface area contributed by atoms with Gasteiger partial charge < -0.3 is 10.1 Å². The molecule has 0 heterocycles. The average Bonchev–Trinajstić information content (AvgIpc) is 2.76. The summed E-state index contributed by atoms with van der Waals surface area (Å²) >= 11 is 0. The maximum absolute atomic E-state index is 12.6. The third kappa shape index (κ3) is 6.92. The zero-order chi connectivity index (χ0) is 24.8. The van der Waals surface area contributed by atoms with Crippen LogP contribution in [0.2, 0.25) is 0 Å². The van der Waals surface area contributed by atoms with E-state index in [1.165, 1.54) is 45.3 Å². The van der Waals surface area contributed by atoms with Gasteiger partial charge in [-0.05, 0) is 55.3 Å². The molecule has 2 aromatic carbocycles. The summed E-state index contributed by atoms with van der Waals surface area (Å²) in [5, 5.41) is 2.68. The highest BCUT2D eigenvalue weighted by Crippen LogP contribution is 2.22. The van der Waals surface area contributed by atoms with Crippen LogP contribution in [0.3, 0.4) is 0 Å². The zero-order valence-corrected chi connectivity index (χ0v) is 21.1. The quantitative estimate of drug-likeness (QED) is 0.474. The largest absolute Gasteiger partial charge is 0.492 e. The number of anilines is 1. The lowest BCUT2D eigenvalue weighted by atomic mass is 10.1. The number of ether oxygens (including phenoxy) is 1. The molecule has 0 radical (unpaired) electrons. The van der Waals surface area contributed by atoms with E-state index < -0.39 is 32.0 Å². The van der Waals surface area contributed by atoms with Gasteiger partial charge in [-0.15, -0.1) is 0 Å². The molecule has 0 bridgehead atoms. The van der Waals surface area contributed by atoms with Gasteiger partial charge in [0.1, 0.15) is 18.4 Å². The van der Waals surface area contributed by atoms with Crippen LogP contribution in [0.1, 0.15) is 19.4 Å². The molecule has 9 nitrogen and oxygen atoms in total. The molecule has 1 atom stereocenters. The first-order valence-corrected chi connectivity index (χ1v) is 13.7. The Morgan fingerprint density at radius 1 is 1.00 bits per heavy atom. The molecule has 2 rings (SSSR count). The van der Waals surface area contributed by atoms with Crippen molar-refractivity contribution >= 4 is 31.6 Å². The van der Waals surface area contributed by atoms with Crippen molar-refractivity contribution in [1.82, 2.24) is 9.62 Å². The highest BCUT2D eigenvalue weighted by Gasteiger charge is 2.28. The minimum Gasteiger partial charge on any atom is -0.492 e. The van der Waals surface area contributed by atoms with Gasteiger partial charge in [-0.3, -0.25) is 9.10 Å². The van der Waals surface area contributed by atoms with Crippen LogP contribution in [0, 0.1) is 0 Å². The van der Waals surface area contributed by atoms with E-state index in [0.29, 0.717) is 11.4 Å². The van der Waals surface area contributed by atoms with Gasteiger partial charge in [0.05, 0.1) is 23.4 Å².